The average molecular weight is 224 g/mol. The van der Waals surface area contributed by atoms with Crippen LogP contribution in [0.25, 0.3) is 0 Å². The summed E-state index contributed by atoms with van der Waals surface area (Å²) in [4.78, 5) is 8.52. The Labute approximate surface area is 96.6 Å². The first-order valence-electron chi connectivity index (χ1n) is 5.61. The van der Waals surface area contributed by atoms with Gasteiger partial charge in [-0.25, -0.2) is 4.98 Å². The SMILES string of the molecule is CCOCCCNc1cc(C)nc(NC)n1. The quantitative estimate of drug-likeness (QED) is 0.690. The van der Waals surface area contributed by atoms with Crippen LogP contribution in [0.2, 0.25) is 0 Å². The molecule has 0 aromatic carbocycles. The van der Waals surface area contributed by atoms with Gasteiger partial charge in [-0.1, -0.05) is 0 Å². The van der Waals surface area contributed by atoms with Crippen LogP contribution in [-0.2, 0) is 4.74 Å². The van der Waals surface area contributed by atoms with Crippen LogP contribution >= 0.6 is 0 Å². The fourth-order valence-corrected chi connectivity index (χ4v) is 1.31. The molecule has 0 atom stereocenters. The molecule has 0 fully saturated rings. The van der Waals surface area contributed by atoms with Gasteiger partial charge in [0.1, 0.15) is 5.82 Å². The normalized spacial score (nSPS) is 10.2. The van der Waals surface area contributed by atoms with Gasteiger partial charge in [0.05, 0.1) is 0 Å². The second-order valence-corrected chi connectivity index (χ2v) is 3.45. The van der Waals surface area contributed by atoms with Crippen molar-refractivity contribution in [3.8, 4) is 0 Å². The van der Waals surface area contributed by atoms with E-state index in [2.05, 4.69) is 20.6 Å². The fourth-order valence-electron chi connectivity index (χ4n) is 1.31. The highest BCUT2D eigenvalue weighted by atomic mass is 16.5. The van der Waals surface area contributed by atoms with E-state index >= 15 is 0 Å². The van der Waals surface area contributed by atoms with E-state index in [0.29, 0.717) is 5.95 Å². The number of rotatable bonds is 7. The summed E-state index contributed by atoms with van der Waals surface area (Å²) in [7, 11) is 1.81. The maximum absolute atomic E-state index is 5.25. The Morgan fingerprint density at radius 1 is 1.38 bits per heavy atom. The first-order valence-corrected chi connectivity index (χ1v) is 5.61. The second kappa shape index (κ2) is 7.00. The average Bonchev–Trinajstić information content (AvgIpc) is 2.28. The van der Waals surface area contributed by atoms with Crippen molar-refractivity contribution < 1.29 is 4.74 Å². The smallest absolute Gasteiger partial charge is 0.224 e. The Morgan fingerprint density at radius 2 is 2.19 bits per heavy atom. The minimum atomic E-state index is 0.646. The molecule has 0 amide bonds. The molecule has 0 radical (unpaired) electrons. The van der Waals surface area contributed by atoms with E-state index in [-0.39, 0.29) is 0 Å². The van der Waals surface area contributed by atoms with Crippen molar-refractivity contribution in [2.24, 2.45) is 0 Å². The molecule has 2 N–H and O–H groups in total. The number of anilines is 2. The number of aryl methyl sites for hydroxylation is 1. The van der Waals surface area contributed by atoms with E-state index in [9.17, 15) is 0 Å². The zero-order valence-electron chi connectivity index (χ0n) is 10.2. The number of nitrogens with zero attached hydrogens (tertiary/aromatic N) is 2. The van der Waals surface area contributed by atoms with Gasteiger partial charge in [-0.3, -0.25) is 0 Å². The zero-order chi connectivity index (χ0) is 11.8. The predicted molar refractivity (Wildman–Crippen MR) is 65.9 cm³/mol. The van der Waals surface area contributed by atoms with Gasteiger partial charge in [0.25, 0.3) is 0 Å². The van der Waals surface area contributed by atoms with E-state index < -0.39 is 0 Å². The van der Waals surface area contributed by atoms with Gasteiger partial charge in [-0.05, 0) is 20.3 Å². The van der Waals surface area contributed by atoms with Crippen LogP contribution < -0.4 is 10.6 Å². The molecular formula is C11H20N4O. The highest BCUT2D eigenvalue weighted by molar-refractivity contribution is 5.41. The van der Waals surface area contributed by atoms with Crippen molar-refractivity contribution in [3.05, 3.63) is 11.8 Å². The lowest BCUT2D eigenvalue weighted by Gasteiger charge is -2.08. The van der Waals surface area contributed by atoms with Crippen LogP contribution in [0.5, 0.6) is 0 Å². The van der Waals surface area contributed by atoms with Gasteiger partial charge in [0.2, 0.25) is 5.95 Å². The lowest BCUT2D eigenvalue weighted by Crippen LogP contribution is -2.08. The van der Waals surface area contributed by atoms with Crippen LogP contribution in [0.3, 0.4) is 0 Å². The topological polar surface area (TPSA) is 59.1 Å². The van der Waals surface area contributed by atoms with Crippen LogP contribution in [0.1, 0.15) is 19.0 Å². The molecule has 0 aliphatic heterocycles. The van der Waals surface area contributed by atoms with Gasteiger partial charge >= 0.3 is 0 Å². The zero-order valence-corrected chi connectivity index (χ0v) is 10.2. The van der Waals surface area contributed by atoms with E-state index in [4.69, 9.17) is 4.74 Å². The number of aromatic nitrogens is 2. The van der Waals surface area contributed by atoms with Gasteiger partial charge in [0.15, 0.2) is 0 Å². The Morgan fingerprint density at radius 3 is 2.88 bits per heavy atom. The third kappa shape index (κ3) is 4.44. The maximum atomic E-state index is 5.25. The number of hydrogen-bond acceptors (Lipinski definition) is 5. The molecule has 90 valence electrons. The molecule has 1 heterocycles. The molecule has 0 bridgehead atoms. The Kier molecular flexibility index (Phi) is 5.56. The minimum Gasteiger partial charge on any atom is -0.382 e. The van der Waals surface area contributed by atoms with Gasteiger partial charge in [-0.15, -0.1) is 0 Å². The van der Waals surface area contributed by atoms with Crippen molar-refractivity contribution in [2.75, 3.05) is 37.4 Å². The lowest BCUT2D eigenvalue weighted by molar-refractivity contribution is 0.147. The minimum absolute atomic E-state index is 0.646. The van der Waals surface area contributed by atoms with Gasteiger partial charge in [0, 0.05) is 38.6 Å². The Bertz CT molecular complexity index is 317. The second-order valence-electron chi connectivity index (χ2n) is 3.45. The molecule has 0 aliphatic rings. The van der Waals surface area contributed by atoms with E-state index in [1.54, 1.807) is 0 Å². The standard InChI is InChI=1S/C11H20N4O/c1-4-16-7-5-6-13-10-8-9(2)14-11(12-3)15-10/h8H,4-7H2,1-3H3,(H2,12,13,14,15). The molecule has 16 heavy (non-hydrogen) atoms. The van der Waals surface area contributed by atoms with Crippen LogP contribution in [0.15, 0.2) is 6.07 Å². The van der Waals surface area contributed by atoms with Crippen molar-refractivity contribution >= 4 is 11.8 Å². The van der Waals surface area contributed by atoms with Crippen molar-refractivity contribution in [1.29, 1.82) is 0 Å². The van der Waals surface area contributed by atoms with Gasteiger partial charge in [-0.2, -0.15) is 4.98 Å². The summed E-state index contributed by atoms with van der Waals surface area (Å²) in [6.45, 7) is 6.37. The molecule has 0 saturated carbocycles. The molecular weight excluding hydrogens is 204 g/mol. The molecule has 0 spiro atoms. The summed E-state index contributed by atoms with van der Waals surface area (Å²) in [5.41, 5.74) is 0.951. The highest BCUT2D eigenvalue weighted by Gasteiger charge is 1.99. The lowest BCUT2D eigenvalue weighted by atomic mass is 10.4. The van der Waals surface area contributed by atoms with Crippen molar-refractivity contribution in [2.45, 2.75) is 20.3 Å². The van der Waals surface area contributed by atoms with E-state index in [1.165, 1.54) is 0 Å². The number of nitrogens with one attached hydrogen (secondary N) is 2. The largest absolute Gasteiger partial charge is 0.382 e. The number of ether oxygens (including phenoxy) is 1. The van der Waals surface area contributed by atoms with Crippen LogP contribution in [0, 0.1) is 6.92 Å². The third-order valence-corrected chi connectivity index (χ3v) is 2.05. The van der Waals surface area contributed by atoms with Crippen molar-refractivity contribution in [3.63, 3.8) is 0 Å². The number of hydrogen-bond donors (Lipinski definition) is 2. The highest BCUT2D eigenvalue weighted by Crippen LogP contribution is 2.08. The summed E-state index contributed by atoms with van der Waals surface area (Å²) in [6.07, 6.45) is 0.978. The monoisotopic (exact) mass is 224 g/mol. The summed E-state index contributed by atoms with van der Waals surface area (Å²) in [6, 6.07) is 1.93. The molecule has 1 rings (SSSR count). The fraction of sp³-hybridized carbons (Fsp3) is 0.636. The van der Waals surface area contributed by atoms with E-state index in [1.807, 2.05) is 27.0 Å². The molecule has 5 heteroatoms. The van der Waals surface area contributed by atoms with Crippen LogP contribution in [0.4, 0.5) is 11.8 Å². The molecule has 5 nitrogen and oxygen atoms in total. The van der Waals surface area contributed by atoms with Crippen molar-refractivity contribution in [1.82, 2.24) is 9.97 Å². The summed E-state index contributed by atoms with van der Waals surface area (Å²) >= 11 is 0. The molecule has 0 aliphatic carbocycles. The maximum Gasteiger partial charge on any atom is 0.224 e. The van der Waals surface area contributed by atoms with E-state index in [0.717, 1.165) is 37.7 Å². The first-order chi connectivity index (χ1) is 7.76. The molecule has 0 unspecified atom stereocenters. The Hall–Kier alpha value is -1.36. The Balaban J connectivity index is 2.38. The van der Waals surface area contributed by atoms with Gasteiger partial charge < -0.3 is 15.4 Å². The summed E-state index contributed by atoms with van der Waals surface area (Å²) in [5, 5.41) is 6.18. The first kappa shape index (κ1) is 12.7. The third-order valence-electron chi connectivity index (χ3n) is 2.05. The summed E-state index contributed by atoms with van der Waals surface area (Å²) < 4.78 is 5.25. The van der Waals surface area contributed by atoms with Crippen LogP contribution in [-0.4, -0.2) is 36.8 Å². The molecule has 1 aromatic heterocycles. The molecule has 0 saturated heterocycles. The predicted octanol–water partition coefficient (Wildman–Crippen LogP) is 1.67. The summed E-state index contributed by atoms with van der Waals surface area (Å²) in [5.74, 6) is 1.50. The molecule has 1 aromatic rings.